The molecule has 1 saturated heterocycles. The van der Waals surface area contributed by atoms with E-state index in [1.807, 2.05) is 5.38 Å². The van der Waals surface area contributed by atoms with E-state index in [2.05, 4.69) is 15.2 Å². The number of anilines is 1. The van der Waals surface area contributed by atoms with Gasteiger partial charge in [-0.1, -0.05) is 0 Å². The molecule has 2 rings (SSSR count). The fourth-order valence-electron chi connectivity index (χ4n) is 1.16. The minimum atomic E-state index is -0.122. The first-order chi connectivity index (χ1) is 5.84. The number of thiazole rings is 1. The Kier molecular flexibility index (Phi) is 2.25. The summed E-state index contributed by atoms with van der Waals surface area (Å²) in [5, 5.41) is 15.0. The molecule has 4 nitrogen and oxygen atoms in total. The van der Waals surface area contributed by atoms with Gasteiger partial charge in [-0.2, -0.15) is 0 Å². The summed E-state index contributed by atoms with van der Waals surface area (Å²) in [4.78, 5) is 6.21. The van der Waals surface area contributed by atoms with Gasteiger partial charge in [-0.25, -0.2) is 4.98 Å². The summed E-state index contributed by atoms with van der Waals surface area (Å²) in [6, 6.07) is 0. The highest BCUT2D eigenvalue weighted by atomic mass is 32.1. The molecule has 1 fully saturated rings. The summed E-state index contributed by atoms with van der Waals surface area (Å²) in [7, 11) is 0. The van der Waals surface area contributed by atoms with Gasteiger partial charge in [-0.3, -0.25) is 4.90 Å². The quantitative estimate of drug-likeness (QED) is 0.705. The van der Waals surface area contributed by atoms with Crippen LogP contribution in [0, 0.1) is 0 Å². The maximum atomic E-state index is 8.99. The van der Waals surface area contributed by atoms with Gasteiger partial charge in [0.15, 0.2) is 5.13 Å². The highest BCUT2D eigenvalue weighted by Crippen LogP contribution is 2.12. The van der Waals surface area contributed by atoms with E-state index in [0.29, 0.717) is 0 Å². The molecule has 5 heteroatoms. The van der Waals surface area contributed by atoms with Gasteiger partial charge in [0.1, 0.15) is 0 Å². The van der Waals surface area contributed by atoms with Gasteiger partial charge >= 0.3 is 0 Å². The molecule has 1 aromatic heterocycles. The molecular formula is C7H11N3OS. The summed E-state index contributed by atoms with van der Waals surface area (Å²) < 4.78 is 0. The van der Waals surface area contributed by atoms with Crippen molar-refractivity contribution in [2.24, 2.45) is 0 Å². The second kappa shape index (κ2) is 3.38. The number of rotatable bonds is 3. The van der Waals surface area contributed by atoms with Crippen molar-refractivity contribution in [1.82, 2.24) is 9.88 Å². The third-order valence-corrected chi connectivity index (χ3v) is 2.55. The van der Waals surface area contributed by atoms with Crippen LogP contribution in [0.15, 0.2) is 11.6 Å². The molecule has 0 radical (unpaired) electrons. The van der Waals surface area contributed by atoms with Crippen molar-refractivity contribution in [3.8, 4) is 0 Å². The van der Waals surface area contributed by atoms with Gasteiger partial charge in [0, 0.05) is 24.7 Å². The smallest absolute Gasteiger partial charge is 0.183 e. The molecule has 0 aromatic carbocycles. The van der Waals surface area contributed by atoms with Crippen LogP contribution in [0.2, 0.25) is 0 Å². The molecule has 0 spiro atoms. The molecule has 1 aromatic rings. The SMILES string of the molecule is OC1CN(CNc2nccs2)C1. The number of nitrogens with one attached hydrogen (secondary N) is 1. The first-order valence-electron chi connectivity index (χ1n) is 3.88. The zero-order valence-corrected chi connectivity index (χ0v) is 7.42. The molecule has 0 aliphatic carbocycles. The average molecular weight is 185 g/mol. The number of nitrogens with zero attached hydrogens (tertiary/aromatic N) is 2. The fraction of sp³-hybridized carbons (Fsp3) is 0.571. The predicted molar refractivity (Wildman–Crippen MR) is 48.2 cm³/mol. The van der Waals surface area contributed by atoms with Crippen molar-refractivity contribution in [3.63, 3.8) is 0 Å². The normalized spacial score (nSPS) is 19.1. The lowest BCUT2D eigenvalue weighted by Gasteiger charge is -2.35. The van der Waals surface area contributed by atoms with Crippen molar-refractivity contribution >= 4 is 16.5 Å². The maximum Gasteiger partial charge on any atom is 0.183 e. The Bertz CT molecular complexity index is 233. The minimum Gasteiger partial charge on any atom is -0.390 e. The number of aromatic nitrogens is 1. The molecule has 12 heavy (non-hydrogen) atoms. The number of hydrogen-bond donors (Lipinski definition) is 2. The predicted octanol–water partition coefficient (Wildman–Crippen LogP) is 0.189. The topological polar surface area (TPSA) is 48.4 Å². The van der Waals surface area contributed by atoms with Gasteiger partial charge < -0.3 is 10.4 Å². The molecule has 0 bridgehead atoms. The monoisotopic (exact) mass is 185 g/mol. The largest absolute Gasteiger partial charge is 0.390 e. The Morgan fingerprint density at radius 2 is 2.58 bits per heavy atom. The van der Waals surface area contributed by atoms with E-state index in [0.717, 1.165) is 24.9 Å². The van der Waals surface area contributed by atoms with Gasteiger partial charge in [0.05, 0.1) is 12.8 Å². The van der Waals surface area contributed by atoms with Crippen molar-refractivity contribution < 1.29 is 5.11 Å². The van der Waals surface area contributed by atoms with Gasteiger partial charge in [0.2, 0.25) is 0 Å². The van der Waals surface area contributed by atoms with E-state index in [-0.39, 0.29) is 6.10 Å². The van der Waals surface area contributed by atoms with Crippen molar-refractivity contribution in [1.29, 1.82) is 0 Å². The molecule has 1 aliphatic rings. The van der Waals surface area contributed by atoms with Crippen LogP contribution in [-0.2, 0) is 0 Å². The highest BCUT2D eigenvalue weighted by molar-refractivity contribution is 7.13. The third-order valence-electron chi connectivity index (χ3n) is 1.82. The van der Waals surface area contributed by atoms with Crippen LogP contribution in [0.25, 0.3) is 0 Å². The molecular weight excluding hydrogens is 174 g/mol. The van der Waals surface area contributed by atoms with Crippen LogP contribution in [0.1, 0.15) is 0 Å². The highest BCUT2D eigenvalue weighted by Gasteiger charge is 2.23. The summed E-state index contributed by atoms with van der Waals surface area (Å²) in [5.74, 6) is 0. The van der Waals surface area contributed by atoms with E-state index < -0.39 is 0 Å². The van der Waals surface area contributed by atoms with Gasteiger partial charge in [0.25, 0.3) is 0 Å². The number of β-amino-alcohol motifs (C(OH)–C–C–N with tert-alkyl or cyclic N) is 1. The molecule has 0 atom stereocenters. The van der Waals surface area contributed by atoms with Crippen LogP contribution in [0.4, 0.5) is 5.13 Å². The number of aliphatic hydroxyl groups is 1. The second-order valence-electron chi connectivity index (χ2n) is 2.86. The lowest BCUT2D eigenvalue weighted by molar-refractivity contribution is 0.00712. The van der Waals surface area contributed by atoms with E-state index in [4.69, 9.17) is 5.11 Å². The second-order valence-corrected chi connectivity index (χ2v) is 3.76. The molecule has 0 saturated carbocycles. The third kappa shape index (κ3) is 1.74. The summed E-state index contributed by atoms with van der Waals surface area (Å²) in [6.45, 7) is 2.33. The standard InChI is InChI=1S/C7H11N3OS/c11-6-3-10(4-6)5-9-7-8-1-2-12-7/h1-2,6,11H,3-5H2,(H,8,9). The van der Waals surface area contributed by atoms with E-state index in [9.17, 15) is 0 Å². The Hall–Kier alpha value is -0.650. The fourth-order valence-corrected chi connectivity index (χ4v) is 1.68. The number of aliphatic hydroxyl groups excluding tert-OH is 1. The number of hydrogen-bond acceptors (Lipinski definition) is 5. The lowest BCUT2D eigenvalue weighted by atomic mass is 10.2. The van der Waals surface area contributed by atoms with Gasteiger partial charge in [-0.15, -0.1) is 11.3 Å². The summed E-state index contributed by atoms with van der Waals surface area (Å²) >= 11 is 1.59. The van der Waals surface area contributed by atoms with E-state index in [1.54, 1.807) is 17.5 Å². The van der Waals surface area contributed by atoms with Crippen molar-refractivity contribution in [2.75, 3.05) is 25.1 Å². The van der Waals surface area contributed by atoms with Crippen LogP contribution in [-0.4, -0.2) is 40.9 Å². The van der Waals surface area contributed by atoms with Crippen LogP contribution < -0.4 is 5.32 Å². The molecule has 66 valence electrons. The first kappa shape index (κ1) is 7.97. The molecule has 0 unspecified atom stereocenters. The van der Waals surface area contributed by atoms with E-state index >= 15 is 0 Å². The minimum absolute atomic E-state index is 0.122. The van der Waals surface area contributed by atoms with Crippen LogP contribution in [0.5, 0.6) is 0 Å². The molecule has 2 heterocycles. The Morgan fingerprint density at radius 1 is 1.75 bits per heavy atom. The first-order valence-corrected chi connectivity index (χ1v) is 4.76. The molecule has 0 amide bonds. The Balaban J connectivity index is 1.70. The zero-order chi connectivity index (χ0) is 8.39. The summed E-state index contributed by atoms with van der Waals surface area (Å²) in [6.07, 6.45) is 1.65. The molecule has 2 N–H and O–H groups in total. The average Bonchev–Trinajstić information content (AvgIpc) is 2.47. The molecule has 1 aliphatic heterocycles. The van der Waals surface area contributed by atoms with Crippen LogP contribution in [0.3, 0.4) is 0 Å². The van der Waals surface area contributed by atoms with E-state index in [1.165, 1.54) is 0 Å². The maximum absolute atomic E-state index is 8.99. The van der Waals surface area contributed by atoms with Crippen molar-refractivity contribution in [3.05, 3.63) is 11.6 Å². The van der Waals surface area contributed by atoms with Crippen molar-refractivity contribution in [2.45, 2.75) is 6.10 Å². The summed E-state index contributed by atoms with van der Waals surface area (Å²) in [5.41, 5.74) is 0. The Morgan fingerprint density at radius 3 is 3.17 bits per heavy atom. The zero-order valence-electron chi connectivity index (χ0n) is 6.60. The number of likely N-dealkylation sites (tertiary alicyclic amines) is 1. The Labute approximate surface area is 74.8 Å². The van der Waals surface area contributed by atoms with Crippen LogP contribution >= 0.6 is 11.3 Å². The lowest BCUT2D eigenvalue weighted by Crippen LogP contribution is -2.52. The van der Waals surface area contributed by atoms with Gasteiger partial charge in [-0.05, 0) is 0 Å².